The van der Waals surface area contributed by atoms with Crippen LogP contribution in [0.25, 0.3) is 0 Å². The Kier molecular flexibility index (Phi) is 15.7. The molecule has 0 aliphatic carbocycles. The molecule has 0 bridgehead atoms. The molecule has 0 spiro atoms. The zero-order valence-corrected chi connectivity index (χ0v) is 11.1. The molecule has 0 saturated heterocycles. The lowest BCUT2D eigenvalue weighted by atomic mass is 11.5. The molecule has 0 radical (unpaired) electrons. The Labute approximate surface area is 105 Å². The minimum atomic E-state index is -4.67. The van der Waals surface area contributed by atoms with E-state index < -0.39 is 33.4 Å². The summed E-state index contributed by atoms with van der Waals surface area (Å²) in [5.41, 5.74) is 0. The molecule has 0 fully saturated rings. The van der Waals surface area contributed by atoms with Crippen molar-refractivity contribution >= 4 is 33.4 Å². The Balaban J connectivity index is -0.0000000793. The maximum atomic E-state index is 8.88. The average Bonchev–Trinajstić information content (AvgIpc) is 1.66. The van der Waals surface area contributed by atoms with Gasteiger partial charge in [-0.3, -0.25) is 9.11 Å². The second-order valence-corrected chi connectivity index (χ2v) is 4.97. The summed E-state index contributed by atoms with van der Waals surface area (Å²) in [6, 6.07) is 0. The van der Waals surface area contributed by atoms with Crippen LogP contribution in [0.2, 0.25) is 0 Å². The Hall–Kier alpha value is -0.693. The fraction of sp³-hybridized carbons (Fsp3) is 0. The van der Waals surface area contributed by atoms with Gasteiger partial charge in [-0.2, -0.15) is 8.42 Å². The molecule has 0 aromatic heterocycles. The van der Waals surface area contributed by atoms with E-state index in [0.717, 1.165) is 0 Å². The van der Waals surface area contributed by atoms with Gasteiger partial charge in [0.1, 0.15) is 0 Å². The van der Waals surface area contributed by atoms with Crippen LogP contribution < -0.4 is 0 Å². The molecule has 0 amide bonds. The van der Waals surface area contributed by atoms with Gasteiger partial charge in [0.15, 0.2) is 0 Å². The molecule has 0 atom stereocenters. The first-order chi connectivity index (χ1) is 7.73. The molecule has 19 heavy (non-hydrogen) atoms. The molecular formula is CH11O15PSSi. The molecule has 15 nitrogen and oxygen atoms in total. The van der Waals surface area contributed by atoms with Gasteiger partial charge in [0, 0.05) is 0 Å². The third kappa shape index (κ3) is 8440. The van der Waals surface area contributed by atoms with Gasteiger partial charge in [-0.15, -0.1) is 0 Å². The van der Waals surface area contributed by atoms with Crippen molar-refractivity contribution in [1.82, 2.24) is 0 Å². The smallest absolute Gasteiger partial charge is 0.450 e. The van der Waals surface area contributed by atoms with E-state index in [0.29, 0.717) is 0 Å². The Bertz CT molecular complexity index is 330. The number of carbonyl (C=O) groups is 1. The zero-order valence-electron chi connectivity index (χ0n) is 8.41. The van der Waals surface area contributed by atoms with Crippen LogP contribution in [-0.2, 0) is 15.0 Å². The standard InChI is InChI=1S/CH2O3.H3O4P.H2O4S.H4O4Si/c2-1(3)4;3*1-5(2,3)4/h(H2,2,3,4);(H3,1,2,3,4);(H2,1,2,3,4);1-4H. The lowest BCUT2D eigenvalue weighted by Gasteiger charge is -1.91. The largest absolute Gasteiger partial charge is 0.668 e. The predicted molar refractivity (Wildman–Crippen MR) is 53.7 cm³/mol. The van der Waals surface area contributed by atoms with Crippen LogP contribution >= 0.6 is 7.82 Å². The summed E-state index contributed by atoms with van der Waals surface area (Å²) in [6.07, 6.45) is -1.83. The highest BCUT2D eigenvalue weighted by atomic mass is 32.3. The topological polar surface area (TPSA) is 291 Å². The summed E-state index contributed by atoms with van der Waals surface area (Å²) in [4.78, 5) is 59.4. The highest BCUT2D eigenvalue weighted by Crippen LogP contribution is 2.25. The van der Waals surface area contributed by atoms with E-state index in [1.807, 2.05) is 0 Å². The van der Waals surface area contributed by atoms with Gasteiger partial charge >= 0.3 is 33.4 Å². The molecule has 0 aliphatic rings. The van der Waals surface area contributed by atoms with Crippen molar-refractivity contribution in [2.45, 2.75) is 0 Å². The summed E-state index contributed by atoms with van der Waals surface area (Å²) >= 11 is 0. The molecule has 0 saturated carbocycles. The van der Waals surface area contributed by atoms with Gasteiger partial charge in [-0.25, -0.2) is 9.36 Å². The van der Waals surface area contributed by atoms with Crippen LogP contribution in [0.4, 0.5) is 4.79 Å². The number of hydrogen-bond donors (Lipinski definition) is 11. The van der Waals surface area contributed by atoms with Crippen molar-refractivity contribution in [3.63, 3.8) is 0 Å². The van der Waals surface area contributed by atoms with E-state index in [1.54, 1.807) is 0 Å². The van der Waals surface area contributed by atoms with Crippen LogP contribution in [0.5, 0.6) is 0 Å². The van der Waals surface area contributed by atoms with Crippen LogP contribution in [0.1, 0.15) is 0 Å². The Morgan fingerprint density at radius 3 is 0.895 bits per heavy atom. The van der Waals surface area contributed by atoms with E-state index in [1.165, 1.54) is 0 Å². The van der Waals surface area contributed by atoms with Gasteiger partial charge in [0.05, 0.1) is 0 Å². The lowest BCUT2D eigenvalue weighted by molar-refractivity contribution is 0.117. The van der Waals surface area contributed by atoms with E-state index in [4.69, 9.17) is 71.0 Å². The summed E-state index contributed by atoms with van der Waals surface area (Å²) in [5.74, 6) is 0. The van der Waals surface area contributed by atoms with Crippen LogP contribution in [-0.4, -0.2) is 76.8 Å². The number of phosphoric acid groups is 1. The molecular weight excluding hydrogens is 343 g/mol. The van der Waals surface area contributed by atoms with Crippen LogP contribution in [0.3, 0.4) is 0 Å². The quantitative estimate of drug-likeness (QED) is 0.112. The van der Waals surface area contributed by atoms with Crippen molar-refractivity contribution in [3.8, 4) is 0 Å². The molecule has 0 heterocycles. The van der Waals surface area contributed by atoms with Gasteiger partial charge in [-0.05, 0) is 0 Å². The fourth-order valence-electron chi connectivity index (χ4n) is 0. The predicted octanol–water partition coefficient (Wildman–Crippen LogP) is -3.97. The number of rotatable bonds is 0. The monoisotopic (exact) mass is 354 g/mol. The van der Waals surface area contributed by atoms with Crippen LogP contribution in [0, 0.1) is 0 Å². The average molecular weight is 354 g/mol. The molecule has 18 heteroatoms. The van der Waals surface area contributed by atoms with Crippen molar-refractivity contribution in [2.75, 3.05) is 0 Å². The van der Waals surface area contributed by atoms with Crippen molar-refractivity contribution in [1.29, 1.82) is 0 Å². The van der Waals surface area contributed by atoms with Crippen LogP contribution in [0.15, 0.2) is 0 Å². The second-order valence-electron chi connectivity index (χ2n) is 1.84. The minimum absolute atomic E-state index is 1.83. The molecule has 11 N–H and O–H groups in total. The van der Waals surface area contributed by atoms with Gasteiger partial charge < -0.3 is 44.1 Å². The van der Waals surface area contributed by atoms with Gasteiger partial charge in [0.25, 0.3) is 0 Å². The summed E-state index contributed by atoms with van der Waals surface area (Å²) in [5, 5.41) is 13.9. The fourth-order valence-corrected chi connectivity index (χ4v) is 0. The molecule has 0 unspecified atom stereocenters. The van der Waals surface area contributed by atoms with Gasteiger partial charge in [0.2, 0.25) is 0 Å². The van der Waals surface area contributed by atoms with Crippen molar-refractivity contribution < 1.29 is 71.0 Å². The first kappa shape index (κ1) is 26.8. The minimum Gasteiger partial charge on any atom is -0.450 e. The summed E-state index contributed by atoms with van der Waals surface area (Å²) < 4.78 is 40.5. The number of hydrogen-bond acceptors (Lipinski definition) is 8. The highest BCUT2D eigenvalue weighted by molar-refractivity contribution is 7.79. The Morgan fingerprint density at radius 1 is 0.895 bits per heavy atom. The van der Waals surface area contributed by atoms with Gasteiger partial charge in [-0.1, -0.05) is 0 Å². The third-order valence-electron chi connectivity index (χ3n) is 0. The highest BCUT2D eigenvalue weighted by Gasteiger charge is 2.22. The molecule has 0 aliphatic heterocycles. The first-order valence-corrected chi connectivity index (χ1v) is 7.78. The third-order valence-corrected chi connectivity index (χ3v) is 0. The summed E-state index contributed by atoms with van der Waals surface area (Å²) in [6.45, 7) is 0. The van der Waals surface area contributed by atoms with E-state index >= 15 is 0 Å². The van der Waals surface area contributed by atoms with E-state index in [9.17, 15) is 0 Å². The maximum absolute atomic E-state index is 8.88. The molecule has 120 valence electrons. The maximum Gasteiger partial charge on any atom is 0.668 e. The van der Waals surface area contributed by atoms with E-state index in [2.05, 4.69) is 0 Å². The zero-order chi connectivity index (χ0) is 17.1. The molecule has 0 aromatic carbocycles. The molecule has 0 rings (SSSR count). The summed E-state index contributed by atoms with van der Waals surface area (Å²) in [7, 11) is -13.9. The first-order valence-electron chi connectivity index (χ1n) is 3.03. The SMILES string of the molecule is O=C(O)O.O=P(O)(O)O.O=S(=O)(O)O.O[Si](O)(O)O. The normalized spacial score (nSPS) is 10.6. The van der Waals surface area contributed by atoms with Crippen molar-refractivity contribution in [2.24, 2.45) is 0 Å². The Morgan fingerprint density at radius 2 is 0.895 bits per heavy atom. The van der Waals surface area contributed by atoms with E-state index in [-0.39, 0.29) is 0 Å². The molecule has 0 aromatic rings. The number of carboxylic acid groups (broad SMARTS) is 2. The second kappa shape index (κ2) is 11.2. The van der Waals surface area contributed by atoms with Crippen molar-refractivity contribution in [3.05, 3.63) is 0 Å². The lowest BCUT2D eigenvalue weighted by Crippen LogP contribution is -2.33.